The largest absolute Gasteiger partial charge is 0.392 e. The summed E-state index contributed by atoms with van der Waals surface area (Å²) in [6.45, 7) is 1.93. The lowest BCUT2D eigenvalue weighted by Gasteiger charge is -2.07. The van der Waals surface area contributed by atoms with Gasteiger partial charge in [-0.05, 0) is 35.6 Å². The number of aliphatic hydroxyl groups excluding tert-OH is 1. The predicted octanol–water partition coefficient (Wildman–Crippen LogP) is 2.76. The minimum atomic E-state index is -0.453. The first-order valence-corrected chi connectivity index (χ1v) is 7.87. The molecule has 6 heteroatoms. The van der Waals surface area contributed by atoms with Crippen molar-refractivity contribution in [3.8, 4) is 0 Å². The van der Waals surface area contributed by atoms with Crippen molar-refractivity contribution in [2.75, 3.05) is 5.75 Å². The SMILES string of the molecule is CCSc1ccc(C(=O)NCc2ccc(F)c(CO)c2)cn1. The Kier molecular flexibility index (Phi) is 5.91. The molecule has 22 heavy (non-hydrogen) atoms. The Morgan fingerprint density at radius 1 is 1.36 bits per heavy atom. The van der Waals surface area contributed by atoms with Crippen molar-refractivity contribution < 1.29 is 14.3 Å². The summed E-state index contributed by atoms with van der Waals surface area (Å²) in [5.74, 6) is 0.234. The van der Waals surface area contributed by atoms with Gasteiger partial charge in [0.1, 0.15) is 5.82 Å². The number of halogens is 1. The number of aliphatic hydroxyl groups is 1. The smallest absolute Gasteiger partial charge is 0.253 e. The molecule has 4 nitrogen and oxygen atoms in total. The van der Waals surface area contributed by atoms with Crippen LogP contribution >= 0.6 is 11.8 Å². The van der Waals surface area contributed by atoms with Crippen LogP contribution in [-0.4, -0.2) is 21.8 Å². The van der Waals surface area contributed by atoms with Crippen molar-refractivity contribution in [2.24, 2.45) is 0 Å². The van der Waals surface area contributed by atoms with E-state index in [0.717, 1.165) is 16.3 Å². The standard InChI is InChI=1S/C16H17FN2O2S/c1-2-22-15-6-4-12(9-18-15)16(21)19-8-11-3-5-14(17)13(7-11)10-20/h3-7,9,20H,2,8,10H2,1H3,(H,19,21). The molecule has 2 N–H and O–H groups in total. The third kappa shape index (κ3) is 4.29. The van der Waals surface area contributed by atoms with Gasteiger partial charge in [0.2, 0.25) is 0 Å². The van der Waals surface area contributed by atoms with E-state index in [0.29, 0.717) is 5.56 Å². The first-order valence-electron chi connectivity index (χ1n) is 6.89. The van der Waals surface area contributed by atoms with E-state index in [1.807, 2.05) is 13.0 Å². The zero-order valence-corrected chi connectivity index (χ0v) is 13.0. The Hall–Kier alpha value is -1.92. The quantitative estimate of drug-likeness (QED) is 0.804. The fourth-order valence-electron chi connectivity index (χ4n) is 1.89. The van der Waals surface area contributed by atoms with E-state index in [2.05, 4.69) is 10.3 Å². The van der Waals surface area contributed by atoms with Gasteiger partial charge in [0.25, 0.3) is 5.91 Å². The van der Waals surface area contributed by atoms with E-state index in [1.54, 1.807) is 23.9 Å². The lowest BCUT2D eigenvalue weighted by atomic mass is 10.1. The fraction of sp³-hybridized carbons (Fsp3) is 0.250. The molecule has 0 aliphatic rings. The molecule has 0 aliphatic carbocycles. The predicted molar refractivity (Wildman–Crippen MR) is 84.1 cm³/mol. The number of benzene rings is 1. The van der Waals surface area contributed by atoms with Gasteiger partial charge in [0, 0.05) is 18.3 Å². The maximum atomic E-state index is 13.3. The molecule has 1 aromatic carbocycles. The van der Waals surface area contributed by atoms with Crippen LogP contribution in [0.4, 0.5) is 4.39 Å². The summed E-state index contributed by atoms with van der Waals surface area (Å²) in [7, 11) is 0. The summed E-state index contributed by atoms with van der Waals surface area (Å²) in [5.41, 5.74) is 1.42. The van der Waals surface area contributed by atoms with Crippen molar-refractivity contribution in [1.82, 2.24) is 10.3 Å². The molecule has 2 aromatic rings. The number of rotatable bonds is 6. The van der Waals surface area contributed by atoms with Gasteiger partial charge >= 0.3 is 0 Å². The molecule has 0 fully saturated rings. The van der Waals surface area contributed by atoms with Crippen LogP contribution in [-0.2, 0) is 13.2 Å². The van der Waals surface area contributed by atoms with Crippen molar-refractivity contribution in [1.29, 1.82) is 0 Å². The van der Waals surface area contributed by atoms with E-state index in [4.69, 9.17) is 5.11 Å². The van der Waals surface area contributed by atoms with Crippen molar-refractivity contribution in [3.63, 3.8) is 0 Å². The summed E-state index contributed by atoms with van der Waals surface area (Å²) in [4.78, 5) is 16.2. The molecule has 0 saturated carbocycles. The Bertz CT molecular complexity index is 647. The lowest BCUT2D eigenvalue weighted by molar-refractivity contribution is 0.0950. The normalized spacial score (nSPS) is 10.5. The number of carbonyl (C=O) groups excluding carboxylic acids is 1. The molecule has 0 saturated heterocycles. The zero-order valence-electron chi connectivity index (χ0n) is 12.2. The second-order valence-corrected chi connectivity index (χ2v) is 5.87. The van der Waals surface area contributed by atoms with Crippen LogP contribution < -0.4 is 5.32 Å². The fourth-order valence-corrected chi connectivity index (χ4v) is 2.48. The van der Waals surface area contributed by atoms with Gasteiger partial charge < -0.3 is 10.4 Å². The van der Waals surface area contributed by atoms with Crippen LogP contribution in [0.5, 0.6) is 0 Å². The lowest BCUT2D eigenvalue weighted by Crippen LogP contribution is -2.23. The average Bonchev–Trinajstić information content (AvgIpc) is 2.55. The Balaban J connectivity index is 1.97. The summed E-state index contributed by atoms with van der Waals surface area (Å²) < 4.78 is 13.3. The summed E-state index contributed by atoms with van der Waals surface area (Å²) in [6.07, 6.45) is 1.54. The third-order valence-electron chi connectivity index (χ3n) is 3.02. The van der Waals surface area contributed by atoms with Gasteiger partial charge in [-0.15, -0.1) is 11.8 Å². The number of thioether (sulfide) groups is 1. The van der Waals surface area contributed by atoms with Gasteiger partial charge in [-0.3, -0.25) is 4.79 Å². The van der Waals surface area contributed by atoms with Crippen LogP contribution in [0.2, 0.25) is 0 Å². The number of pyridine rings is 1. The molecule has 0 aliphatic heterocycles. The Morgan fingerprint density at radius 2 is 2.18 bits per heavy atom. The highest BCUT2D eigenvalue weighted by Crippen LogP contribution is 2.14. The van der Waals surface area contributed by atoms with Gasteiger partial charge in [-0.2, -0.15) is 0 Å². The maximum Gasteiger partial charge on any atom is 0.253 e. The van der Waals surface area contributed by atoms with E-state index in [1.165, 1.54) is 18.3 Å². The molecular formula is C16H17FN2O2S. The van der Waals surface area contributed by atoms with Crippen LogP contribution in [0.15, 0.2) is 41.6 Å². The monoisotopic (exact) mass is 320 g/mol. The van der Waals surface area contributed by atoms with E-state index < -0.39 is 5.82 Å². The number of nitrogens with one attached hydrogen (secondary N) is 1. The molecule has 0 atom stereocenters. The van der Waals surface area contributed by atoms with Gasteiger partial charge in [-0.25, -0.2) is 9.37 Å². The highest BCUT2D eigenvalue weighted by molar-refractivity contribution is 7.99. The van der Waals surface area contributed by atoms with E-state index in [9.17, 15) is 9.18 Å². The molecule has 0 radical (unpaired) electrons. The van der Waals surface area contributed by atoms with Crippen LogP contribution in [0.1, 0.15) is 28.4 Å². The topological polar surface area (TPSA) is 62.2 Å². The van der Waals surface area contributed by atoms with Gasteiger partial charge in [0.15, 0.2) is 0 Å². The molecule has 0 unspecified atom stereocenters. The summed E-state index contributed by atoms with van der Waals surface area (Å²) in [6, 6.07) is 7.93. The Labute approximate surface area is 132 Å². The number of hydrogen-bond acceptors (Lipinski definition) is 4. The molecule has 1 amide bonds. The average molecular weight is 320 g/mol. The number of carbonyl (C=O) groups is 1. The first-order chi connectivity index (χ1) is 10.6. The number of amides is 1. The van der Waals surface area contributed by atoms with Crippen LogP contribution in [0.25, 0.3) is 0 Å². The number of hydrogen-bond donors (Lipinski definition) is 2. The molecule has 1 heterocycles. The first kappa shape index (κ1) is 16.5. The minimum Gasteiger partial charge on any atom is -0.392 e. The maximum absolute atomic E-state index is 13.3. The molecular weight excluding hydrogens is 303 g/mol. The molecule has 116 valence electrons. The molecule has 0 bridgehead atoms. The van der Waals surface area contributed by atoms with Crippen molar-refractivity contribution in [2.45, 2.75) is 25.1 Å². The van der Waals surface area contributed by atoms with Crippen molar-refractivity contribution >= 4 is 17.7 Å². The number of aromatic nitrogens is 1. The Morgan fingerprint density at radius 3 is 2.82 bits per heavy atom. The van der Waals surface area contributed by atoms with Gasteiger partial charge in [0.05, 0.1) is 17.2 Å². The van der Waals surface area contributed by atoms with Crippen molar-refractivity contribution in [3.05, 3.63) is 59.0 Å². The summed E-state index contributed by atoms with van der Waals surface area (Å²) >= 11 is 1.61. The summed E-state index contributed by atoms with van der Waals surface area (Å²) in [5, 5.41) is 12.7. The van der Waals surface area contributed by atoms with E-state index >= 15 is 0 Å². The van der Waals surface area contributed by atoms with Crippen LogP contribution in [0, 0.1) is 5.82 Å². The number of nitrogens with zero attached hydrogens (tertiary/aromatic N) is 1. The van der Waals surface area contributed by atoms with E-state index in [-0.39, 0.29) is 24.6 Å². The second kappa shape index (κ2) is 7.91. The minimum absolute atomic E-state index is 0.217. The molecule has 1 aromatic heterocycles. The second-order valence-electron chi connectivity index (χ2n) is 4.58. The molecule has 0 spiro atoms. The van der Waals surface area contributed by atoms with Gasteiger partial charge in [-0.1, -0.05) is 13.0 Å². The third-order valence-corrected chi connectivity index (χ3v) is 3.85. The zero-order chi connectivity index (χ0) is 15.9. The molecule has 2 rings (SSSR count). The highest BCUT2D eigenvalue weighted by Gasteiger charge is 2.07. The van der Waals surface area contributed by atoms with Crippen LogP contribution in [0.3, 0.4) is 0 Å². The highest BCUT2D eigenvalue weighted by atomic mass is 32.2.